The number of carbonyl (C=O) groups excluding carboxylic acids is 1. The van der Waals surface area contributed by atoms with Crippen LogP contribution >= 0.6 is 0 Å². The van der Waals surface area contributed by atoms with E-state index in [1.165, 1.54) is 25.3 Å². The quantitative estimate of drug-likeness (QED) is 0.770. The van der Waals surface area contributed by atoms with Crippen molar-refractivity contribution in [2.75, 3.05) is 19.0 Å². The Kier molecular flexibility index (Phi) is 6.23. The summed E-state index contributed by atoms with van der Waals surface area (Å²) in [5, 5.41) is 7.83. The van der Waals surface area contributed by atoms with Crippen LogP contribution in [0, 0.1) is 5.92 Å². The van der Waals surface area contributed by atoms with Gasteiger partial charge in [-0.1, -0.05) is 19.9 Å². The Morgan fingerprint density at radius 2 is 1.92 bits per heavy atom. The molecule has 0 fully saturated rings. The summed E-state index contributed by atoms with van der Waals surface area (Å²) in [5.41, 5.74) is 0.674. The van der Waals surface area contributed by atoms with E-state index in [1.807, 2.05) is 13.8 Å². The number of sulfonamides is 1. The molecule has 140 valence electrons. The van der Waals surface area contributed by atoms with Gasteiger partial charge in [0.05, 0.1) is 13.7 Å². The first kappa shape index (κ1) is 19.7. The summed E-state index contributed by atoms with van der Waals surface area (Å²) in [6.07, 6.45) is 0. The molecule has 26 heavy (non-hydrogen) atoms. The molecule has 0 radical (unpaired) electrons. The highest BCUT2D eigenvalue weighted by molar-refractivity contribution is 7.89. The number of methoxy groups -OCH3 is 1. The van der Waals surface area contributed by atoms with E-state index >= 15 is 0 Å². The van der Waals surface area contributed by atoms with Crippen molar-refractivity contribution in [3.8, 4) is 11.5 Å². The normalized spacial score (nSPS) is 11.3. The number of carbonyl (C=O) groups is 1. The van der Waals surface area contributed by atoms with Gasteiger partial charge in [-0.2, -0.15) is 0 Å². The van der Waals surface area contributed by atoms with Crippen molar-refractivity contribution in [1.29, 1.82) is 0 Å². The Morgan fingerprint density at radius 3 is 2.54 bits per heavy atom. The maximum absolute atomic E-state index is 12.4. The number of rotatable bonds is 7. The molecule has 0 aromatic heterocycles. The predicted molar refractivity (Wildman–Crippen MR) is 99.1 cm³/mol. The van der Waals surface area contributed by atoms with Crippen molar-refractivity contribution in [1.82, 2.24) is 0 Å². The molecule has 0 saturated carbocycles. The number of hydrogen-bond donors (Lipinski definition) is 2. The van der Waals surface area contributed by atoms with Gasteiger partial charge in [-0.3, -0.25) is 4.79 Å². The Hall–Kier alpha value is -2.58. The fraction of sp³-hybridized carbons (Fsp3) is 0.278. The van der Waals surface area contributed by atoms with Crippen LogP contribution in [0.3, 0.4) is 0 Å². The smallest absolute Gasteiger partial charge is 0.255 e. The Balaban J connectivity index is 2.21. The summed E-state index contributed by atoms with van der Waals surface area (Å²) in [4.78, 5) is 12.2. The van der Waals surface area contributed by atoms with Gasteiger partial charge in [0.2, 0.25) is 10.0 Å². The molecule has 0 aliphatic rings. The Bertz CT molecular complexity index is 894. The number of benzene rings is 2. The van der Waals surface area contributed by atoms with Gasteiger partial charge in [0.25, 0.3) is 5.91 Å². The topological polar surface area (TPSA) is 108 Å². The SMILES string of the molecule is COc1ccc(NC(=O)c2cccc(OCC(C)C)c2)cc1S(N)(=O)=O. The zero-order chi connectivity index (χ0) is 19.3. The van der Waals surface area contributed by atoms with Gasteiger partial charge in [-0.25, -0.2) is 13.6 Å². The van der Waals surface area contributed by atoms with E-state index in [4.69, 9.17) is 14.6 Å². The monoisotopic (exact) mass is 378 g/mol. The van der Waals surface area contributed by atoms with Gasteiger partial charge >= 0.3 is 0 Å². The van der Waals surface area contributed by atoms with Crippen LogP contribution in [-0.2, 0) is 10.0 Å². The van der Waals surface area contributed by atoms with Gasteiger partial charge in [0, 0.05) is 11.3 Å². The largest absolute Gasteiger partial charge is 0.495 e. The number of nitrogens with one attached hydrogen (secondary N) is 1. The van der Waals surface area contributed by atoms with Crippen LogP contribution in [-0.4, -0.2) is 28.0 Å². The van der Waals surface area contributed by atoms with E-state index in [9.17, 15) is 13.2 Å². The van der Waals surface area contributed by atoms with Gasteiger partial charge < -0.3 is 14.8 Å². The minimum atomic E-state index is -3.99. The molecule has 8 heteroatoms. The fourth-order valence-corrected chi connectivity index (χ4v) is 2.89. The van der Waals surface area contributed by atoms with E-state index in [0.717, 1.165) is 0 Å². The Labute approximate surface area is 153 Å². The molecule has 0 aliphatic heterocycles. The average molecular weight is 378 g/mol. The standard InChI is InChI=1S/C18H22N2O5S/c1-12(2)11-25-15-6-4-5-13(9-15)18(21)20-14-7-8-16(24-3)17(10-14)26(19,22)23/h4-10,12H,11H2,1-3H3,(H,20,21)(H2,19,22,23). The lowest BCUT2D eigenvalue weighted by Crippen LogP contribution is -2.16. The van der Waals surface area contributed by atoms with Crippen molar-refractivity contribution >= 4 is 21.6 Å². The van der Waals surface area contributed by atoms with Crippen LogP contribution in [0.5, 0.6) is 11.5 Å². The lowest BCUT2D eigenvalue weighted by atomic mass is 10.2. The number of hydrogen-bond acceptors (Lipinski definition) is 5. The number of amides is 1. The number of primary sulfonamides is 1. The van der Waals surface area contributed by atoms with Crippen molar-refractivity contribution in [2.24, 2.45) is 11.1 Å². The van der Waals surface area contributed by atoms with Gasteiger partial charge in [0.1, 0.15) is 16.4 Å². The highest BCUT2D eigenvalue weighted by Gasteiger charge is 2.17. The first-order valence-corrected chi connectivity index (χ1v) is 9.50. The summed E-state index contributed by atoms with van der Waals surface area (Å²) in [6.45, 7) is 4.61. The molecule has 0 saturated heterocycles. The summed E-state index contributed by atoms with van der Waals surface area (Å²) < 4.78 is 33.9. The maximum atomic E-state index is 12.4. The lowest BCUT2D eigenvalue weighted by Gasteiger charge is -2.12. The zero-order valence-electron chi connectivity index (χ0n) is 14.9. The van der Waals surface area contributed by atoms with E-state index < -0.39 is 15.9 Å². The Morgan fingerprint density at radius 1 is 1.19 bits per heavy atom. The van der Waals surface area contributed by atoms with Crippen LogP contribution in [0.2, 0.25) is 0 Å². The third-order valence-electron chi connectivity index (χ3n) is 3.41. The molecule has 7 nitrogen and oxygen atoms in total. The number of ether oxygens (including phenoxy) is 2. The molecule has 3 N–H and O–H groups in total. The minimum Gasteiger partial charge on any atom is -0.495 e. The molecule has 2 aromatic carbocycles. The van der Waals surface area contributed by atoms with Crippen LogP contribution in [0.25, 0.3) is 0 Å². The average Bonchev–Trinajstić information content (AvgIpc) is 2.59. The van der Waals surface area contributed by atoms with Crippen molar-refractivity contribution in [3.05, 3.63) is 48.0 Å². The van der Waals surface area contributed by atoms with E-state index in [0.29, 0.717) is 23.8 Å². The van der Waals surface area contributed by atoms with Crippen molar-refractivity contribution in [3.63, 3.8) is 0 Å². The molecule has 0 atom stereocenters. The highest BCUT2D eigenvalue weighted by atomic mass is 32.2. The second-order valence-corrected chi connectivity index (χ2v) is 7.63. The van der Waals surface area contributed by atoms with Crippen LogP contribution < -0.4 is 19.9 Å². The van der Waals surface area contributed by atoms with E-state index in [-0.39, 0.29) is 16.3 Å². The third-order valence-corrected chi connectivity index (χ3v) is 4.34. The van der Waals surface area contributed by atoms with Crippen molar-refractivity contribution < 1.29 is 22.7 Å². The number of anilines is 1. The zero-order valence-corrected chi connectivity index (χ0v) is 15.7. The second kappa shape index (κ2) is 8.20. The summed E-state index contributed by atoms with van der Waals surface area (Å²) in [6, 6.07) is 11.0. The summed E-state index contributed by atoms with van der Waals surface area (Å²) >= 11 is 0. The van der Waals surface area contributed by atoms with E-state index in [1.54, 1.807) is 24.3 Å². The van der Waals surface area contributed by atoms with Crippen LogP contribution in [0.4, 0.5) is 5.69 Å². The molecule has 0 bridgehead atoms. The molecule has 2 aromatic rings. The maximum Gasteiger partial charge on any atom is 0.255 e. The molecule has 0 spiro atoms. The van der Waals surface area contributed by atoms with Gasteiger partial charge in [-0.15, -0.1) is 0 Å². The summed E-state index contributed by atoms with van der Waals surface area (Å²) in [5.74, 6) is 0.662. The summed E-state index contributed by atoms with van der Waals surface area (Å²) in [7, 11) is -2.65. The molecule has 0 heterocycles. The van der Waals surface area contributed by atoms with E-state index in [2.05, 4.69) is 5.32 Å². The highest BCUT2D eigenvalue weighted by Crippen LogP contribution is 2.26. The van der Waals surface area contributed by atoms with Gasteiger partial charge in [-0.05, 0) is 42.3 Å². The van der Waals surface area contributed by atoms with Crippen molar-refractivity contribution in [2.45, 2.75) is 18.7 Å². The first-order valence-electron chi connectivity index (χ1n) is 7.95. The van der Waals surface area contributed by atoms with Crippen LogP contribution in [0.15, 0.2) is 47.4 Å². The lowest BCUT2D eigenvalue weighted by molar-refractivity contribution is 0.102. The van der Waals surface area contributed by atoms with Crippen LogP contribution in [0.1, 0.15) is 24.2 Å². The molecular formula is C18H22N2O5S. The third kappa shape index (κ3) is 5.21. The molecular weight excluding hydrogens is 356 g/mol. The van der Waals surface area contributed by atoms with Gasteiger partial charge in [0.15, 0.2) is 0 Å². The fourth-order valence-electron chi connectivity index (χ4n) is 2.17. The molecule has 2 rings (SSSR count). The molecule has 0 aliphatic carbocycles. The first-order chi connectivity index (χ1) is 12.2. The molecule has 1 amide bonds. The minimum absolute atomic E-state index is 0.106. The molecule has 0 unspecified atom stereocenters. The predicted octanol–water partition coefficient (Wildman–Crippen LogP) is 2.63. The second-order valence-electron chi connectivity index (χ2n) is 6.10. The number of nitrogens with two attached hydrogens (primary N) is 1.